The third-order valence-electron chi connectivity index (χ3n) is 6.50. The molecule has 0 aromatic rings. The van der Waals surface area contributed by atoms with Crippen molar-refractivity contribution in [2.45, 2.75) is 13.3 Å². The van der Waals surface area contributed by atoms with Crippen LogP contribution in [0.2, 0.25) is 0 Å². The van der Waals surface area contributed by atoms with Crippen LogP contribution >= 0.6 is 0 Å². The Kier molecular flexibility index (Phi) is 0.763. The minimum absolute atomic E-state index is 0.0858. The lowest BCUT2D eigenvalue weighted by atomic mass is 9.13. The lowest BCUT2D eigenvalue weighted by Gasteiger charge is -2.90. The van der Waals surface area contributed by atoms with E-state index in [1.54, 1.807) is 0 Å². The highest BCUT2D eigenvalue weighted by atomic mass is 16.5. The molecule has 8 atom stereocenters. The number of carbonyl (C=O) groups is 1. The third-order valence-corrected chi connectivity index (χ3v) is 6.50. The van der Waals surface area contributed by atoms with Crippen LogP contribution in [0.5, 0.6) is 0 Å². The first-order valence-corrected chi connectivity index (χ1v) is 5.90. The number of ether oxygens (including phenoxy) is 1. The lowest BCUT2D eigenvalue weighted by molar-refractivity contribution is -0.455. The maximum atomic E-state index is 10.8. The summed E-state index contributed by atoms with van der Waals surface area (Å²) in [6, 6.07) is 0. The Balaban J connectivity index is 1.47. The molecule has 2 heteroatoms. The van der Waals surface area contributed by atoms with E-state index in [0.717, 1.165) is 48.0 Å². The second kappa shape index (κ2) is 1.56. The van der Waals surface area contributed by atoms with Crippen LogP contribution in [-0.2, 0) is 9.53 Å². The Morgan fingerprint density at radius 1 is 1.29 bits per heavy atom. The van der Waals surface area contributed by atoms with E-state index in [1.807, 2.05) is 0 Å². The summed E-state index contributed by atoms with van der Waals surface area (Å²) >= 11 is 0. The minimum atomic E-state index is -0.0858. The van der Waals surface area contributed by atoms with Gasteiger partial charge < -0.3 is 4.74 Å². The topological polar surface area (TPSA) is 26.3 Å². The zero-order chi connectivity index (χ0) is 9.24. The molecule has 0 aliphatic heterocycles. The number of carbonyl (C=O) groups excluding carboxylic acids is 1. The fourth-order valence-electron chi connectivity index (χ4n) is 6.65. The Bertz CT molecular complexity index is 351. The van der Waals surface area contributed by atoms with E-state index in [0.29, 0.717) is 5.41 Å². The van der Waals surface area contributed by atoms with E-state index in [-0.39, 0.29) is 5.97 Å². The van der Waals surface area contributed by atoms with Gasteiger partial charge in [0.2, 0.25) is 0 Å². The molecule has 6 aliphatic rings. The van der Waals surface area contributed by atoms with Crippen molar-refractivity contribution in [1.29, 1.82) is 0 Å². The predicted octanol–water partition coefficient (Wildman–Crippen LogP) is 1.31. The fraction of sp³-hybridized carbons (Fsp3) is 0.917. The molecule has 14 heavy (non-hydrogen) atoms. The number of rotatable bonds is 2. The molecule has 0 heterocycles. The summed E-state index contributed by atoms with van der Waals surface area (Å²) in [5.74, 6) is 7.27. The van der Waals surface area contributed by atoms with Gasteiger partial charge >= 0.3 is 5.97 Å². The smallest absolute Gasteiger partial charge is 0.302 e. The summed E-state index contributed by atoms with van der Waals surface area (Å²) in [5, 5.41) is 0. The second-order valence-electron chi connectivity index (χ2n) is 6.19. The lowest BCUT2D eigenvalue weighted by Crippen LogP contribution is -2.89. The van der Waals surface area contributed by atoms with E-state index >= 15 is 0 Å². The molecule has 0 N–H and O–H groups in total. The molecule has 2 bridgehead atoms. The highest BCUT2D eigenvalue weighted by Crippen LogP contribution is 2.99. The first-order valence-electron chi connectivity index (χ1n) is 5.90. The van der Waals surface area contributed by atoms with Crippen LogP contribution in [0.1, 0.15) is 13.3 Å². The van der Waals surface area contributed by atoms with E-state index in [9.17, 15) is 4.79 Å². The van der Waals surface area contributed by atoms with Crippen molar-refractivity contribution in [2.75, 3.05) is 6.61 Å². The SMILES string of the molecule is CC(=O)OCC12C3[C@H]4C5CC([C@H]41)[C@H]2[C@@H]53. The largest absolute Gasteiger partial charge is 0.465 e. The van der Waals surface area contributed by atoms with Crippen LogP contribution in [0.25, 0.3) is 0 Å². The molecule has 0 radical (unpaired) electrons. The van der Waals surface area contributed by atoms with Crippen molar-refractivity contribution in [3.8, 4) is 0 Å². The zero-order valence-electron chi connectivity index (χ0n) is 8.27. The van der Waals surface area contributed by atoms with Gasteiger partial charge in [-0.25, -0.2) is 0 Å². The number of hydrogen-bond acceptors (Lipinski definition) is 2. The van der Waals surface area contributed by atoms with Crippen molar-refractivity contribution in [2.24, 2.45) is 46.8 Å². The molecule has 0 spiro atoms. The van der Waals surface area contributed by atoms with Gasteiger partial charge in [0.15, 0.2) is 0 Å². The highest BCUT2D eigenvalue weighted by Gasteiger charge is 2.97. The molecule has 4 unspecified atom stereocenters. The van der Waals surface area contributed by atoms with Gasteiger partial charge in [0.05, 0.1) is 6.61 Å². The third kappa shape index (κ3) is 0.356. The molecule has 0 aromatic heterocycles. The summed E-state index contributed by atoms with van der Waals surface area (Å²) in [6.45, 7) is 2.30. The molecule has 0 saturated heterocycles. The Hall–Kier alpha value is -0.530. The van der Waals surface area contributed by atoms with Crippen molar-refractivity contribution < 1.29 is 9.53 Å². The Morgan fingerprint density at radius 3 is 2.57 bits per heavy atom. The van der Waals surface area contributed by atoms with Crippen molar-refractivity contribution in [1.82, 2.24) is 0 Å². The van der Waals surface area contributed by atoms with E-state index in [2.05, 4.69) is 0 Å². The number of esters is 1. The molecule has 0 amide bonds. The van der Waals surface area contributed by atoms with Crippen LogP contribution < -0.4 is 0 Å². The molecule has 6 fully saturated rings. The molecule has 74 valence electrons. The van der Waals surface area contributed by atoms with Crippen molar-refractivity contribution in [3.63, 3.8) is 0 Å². The van der Waals surface area contributed by atoms with Gasteiger partial charge in [-0.2, -0.15) is 0 Å². The summed E-state index contributed by atoms with van der Waals surface area (Å²) in [6.07, 6.45) is 1.53. The van der Waals surface area contributed by atoms with E-state index in [4.69, 9.17) is 4.74 Å². The number of hydrogen-bond donors (Lipinski definition) is 0. The fourth-order valence-corrected chi connectivity index (χ4v) is 6.65. The monoisotopic (exact) mass is 190 g/mol. The molecule has 6 saturated carbocycles. The summed E-state index contributed by atoms with van der Waals surface area (Å²) in [5.41, 5.74) is 0.540. The molecular weight excluding hydrogens is 176 g/mol. The average Bonchev–Trinajstić information content (AvgIpc) is 2.40. The van der Waals surface area contributed by atoms with Crippen molar-refractivity contribution >= 4 is 5.97 Å². The quantitative estimate of drug-likeness (QED) is 0.614. The van der Waals surface area contributed by atoms with Gasteiger partial charge in [-0.1, -0.05) is 0 Å². The van der Waals surface area contributed by atoms with Gasteiger partial charge in [-0.15, -0.1) is 0 Å². The summed E-state index contributed by atoms with van der Waals surface area (Å²) in [4.78, 5) is 10.8. The van der Waals surface area contributed by atoms with Gasteiger partial charge in [0.1, 0.15) is 0 Å². The maximum absolute atomic E-state index is 10.8. The molecular formula is C12H14O2. The van der Waals surface area contributed by atoms with Gasteiger partial charge in [-0.3, -0.25) is 4.79 Å². The second-order valence-corrected chi connectivity index (χ2v) is 6.19. The van der Waals surface area contributed by atoms with Crippen LogP contribution in [0.4, 0.5) is 0 Å². The zero-order valence-corrected chi connectivity index (χ0v) is 8.27. The highest BCUT2D eigenvalue weighted by molar-refractivity contribution is 5.66. The Morgan fingerprint density at radius 2 is 2.00 bits per heavy atom. The van der Waals surface area contributed by atoms with Crippen LogP contribution in [0.15, 0.2) is 0 Å². The Labute approximate surface area is 83.0 Å². The maximum Gasteiger partial charge on any atom is 0.302 e. The van der Waals surface area contributed by atoms with Crippen molar-refractivity contribution in [3.05, 3.63) is 0 Å². The predicted molar refractivity (Wildman–Crippen MR) is 48.1 cm³/mol. The molecule has 2 nitrogen and oxygen atoms in total. The normalized spacial score (nSPS) is 72.5. The van der Waals surface area contributed by atoms with Gasteiger partial charge in [-0.05, 0) is 47.8 Å². The van der Waals surface area contributed by atoms with Crippen LogP contribution in [0.3, 0.4) is 0 Å². The van der Waals surface area contributed by atoms with Crippen LogP contribution in [-0.4, -0.2) is 12.6 Å². The molecule has 6 rings (SSSR count). The van der Waals surface area contributed by atoms with Gasteiger partial charge in [0.25, 0.3) is 0 Å². The van der Waals surface area contributed by atoms with E-state index < -0.39 is 0 Å². The average molecular weight is 190 g/mol. The molecule has 0 aromatic carbocycles. The van der Waals surface area contributed by atoms with E-state index in [1.165, 1.54) is 13.3 Å². The minimum Gasteiger partial charge on any atom is -0.465 e. The van der Waals surface area contributed by atoms with Gasteiger partial charge in [0, 0.05) is 12.3 Å². The summed E-state index contributed by atoms with van der Waals surface area (Å²) in [7, 11) is 0. The molecule has 6 aliphatic carbocycles. The first kappa shape index (κ1) is 6.86. The van der Waals surface area contributed by atoms with Crippen LogP contribution in [0, 0.1) is 46.8 Å². The summed E-state index contributed by atoms with van der Waals surface area (Å²) < 4.78 is 5.27. The first-order chi connectivity index (χ1) is 6.77. The standard InChI is InChI=1S/C12H14O2/c1-4(13)14-3-12-9-6-2-5-7(9)11(12)8(5)10(6)12/h5-11H,2-3H2,1H3/t5?,6?,7-,8+,9+,10-,11?,12?.